The average Bonchev–Trinajstić information content (AvgIpc) is 2.44. The van der Waals surface area contributed by atoms with Crippen LogP contribution in [0.25, 0.3) is 0 Å². The first-order valence-electron chi connectivity index (χ1n) is 7.69. The first kappa shape index (κ1) is 22.7. The fourth-order valence-electron chi connectivity index (χ4n) is 2.23. The van der Waals surface area contributed by atoms with Crippen LogP contribution in [0.2, 0.25) is 0 Å². The van der Waals surface area contributed by atoms with Gasteiger partial charge in [0.15, 0.2) is 0 Å². The van der Waals surface area contributed by atoms with Crippen molar-refractivity contribution in [1.82, 2.24) is 0 Å². The SMILES string of the molecule is CCCCCCCCCc1ccc(COS(=O)(=O)[O-])cc1.[K+]. The van der Waals surface area contributed by atoms with Crippen LogP contribution in [0, 0.1) is 0 Å². The third kappa shape index (κ3) is 12.2. The van der Waals surface area contributed by atoms with Crippen molar-refractivity contribution in [2.45, 2.75) is 64.9 Å². The standard InChI is InChI=1S/C16H26O4S.K/c1-2-3-4-5-6-7-8-9-15-10-12-16(13-11-15)14-20-21(17,18)19;/h10-13H,2-9,14H2,1H3,(H,17,18,19);/q;+1/p-1. The van der Waals surface area contributed by atoms with Crippen LogP contribution >= 0.6 is 0 Å². The largest absolute Gasteiger partial charge is 1.00 e. The Labute approximate surface area is 177 Å². The molecule has 0 saturated carbocycles. The smallest absolute Gasteiger partial charge is 0.726 e. The summed E-state index contributed by atoms with van der Waals surface area (Å²) < 4.78 is 35.3. The van der Waals surface area contributed by atoms with Crippen molar-refractivity contribution in [3.63, 3.8) is 0 Å². The van der Waals surface area contributed by atoms with Gasteiger partial charge in [-0.2, -0.15) is 0 Å². The maximum absolute atomic E-state index is 10.4. The summed E-state index contributed by atoms with van der Waals surface area (Å²) in [6.07, 6.45) is 10.1. The van der Waals surface area contributed by atoms with Crippen LogP contribution in [0.3, 0.4) is 0 Å². The van der Waals surface area contributed by atoms with Gasteiger partial charge >= 0.3 is 51.4 Å². The van der Waals surface area contributed by atoms with Crippen molar-refractivity contribution in [2.75, 3.05) is 0 Å². The molecule has 1 aromatic rings. The van der Waals surface area contributed by atoms with Crippen LogP contribution in [0.4, 0.5) is 0 Å². The molecule has 0 aliphatic rings. The minimum atomic E-state index is -4.61. The summed E-state index contributed by atoms with van der Waals surface area (Å²) in [4.78, 5) is 0. The number of rotatable bonds is 11. The van der Waals surface area contributed by atoms with Gasteiger partial charge in [0.25, 0.3) is 0 Å². The van der Waals surface area contributed by atoms with Crippen molar-refractivity contribution in [3.05, 3.63) is 35.4 Å². The van der Waals surface area contributed by atoms with Crippen molar-refractivity contribution < 1.29 is 68.5 Å². The molecular weight excluding hydrogens is 327 g/mol. The maximum Gasteiger partial charge on any atom is 1.00 e. The second kappa shape index (κ2) is 13.1. The quantitative estimate of drug-likeness (QED) is 0.257. The Morgan fingerprint density at radius 2 is 1.41 bits per heavy atom. The van der Waals surface area contributed by atoms with E-state index < -0.39 is 10.4 Å². The minimum Gasteiger partial charge on any atom is -0.726 e. The van der Waals surface area contributed by atoms with E-state index in [1.807, 2.05) is 24.3 Å². The fraction of sp³-hybridized carbons (Fsp3) is 0.625. The van der Waals surface area contributed by atoms with Crippen LogP contribution in [0.15, 0.2) is 24.3 Å². The summed E-state index contributed by atoms with van der Waals surface area (Å²) in [6.45, 7) is 2.03. The molecule has 0 unspecified atom stereocenters. The van der Waals surface area contributed by atoms with Crippen molar-refractivity contribution in [3.8, 4) is 0 Å². The number of hydrogen-bond donors (Lipinski definition) is 0. The van der Waals surface area contributed by atoms with E-state index in [1.165, 1.54) is 50.5 Å². The van der Waals surface area contributed by atoms with Gasteiger partial charge in [0.1, 0.15) is 0 Å². The molecule has 0 spiro atoms. The average molecular weight is 353 g/mol. The van der Waals surface area contributed by atoms with E-state index in [9.17, 15) is 13.0 Å². The maximum atomic E-state index is 10.4. The van der Waals surface area contributed by atoms with Crippen molar-refractivity contribution in [2.24, 2.45) is 0 Å². The number of benzene rings is 1. The number of unbranched alkanes of at least 4 members (excludes halogenated alkanes) is 6. The molecule has 0 bridgehead atoms. The summed E-state index contributed by atoms with van der Waals surface area (Å²) >= 11 is 0. The van der Waals surface area contributed by atoms with Gasteiger partial charge in [0, 0.05) is 0 Å². The van der Waals surface area contributed by atoms with E-state index in [0.29, 0.717) is 5.56 Å². The van der Waals surface area contributed by atoms with E-state index in [4.69, 9.17) is 0 Å². The van der Waals surface area contributed by atoms with Gasteiger partial charge in [-0.1, -0.05) is 69.7 Å². The van der Waals surface area contributed by atoms with Crippen LogP contribution in [0.5, 0.6) is 0 Å². The monoisotopic (exact) mass is 352 g/mol. The van der Waals surface area contributed by atoms with Gasteiger partial charge in [0.2, 0.25) is 10.4 Å². The van der Waals surface area contributed by atoms with E-state index in [2.05, 4.69) is 11.1 Å². The third-order valence-corrected chi connectivity index (χ3v) is 3.87. The van der Waals surface area contributed by atoms with E-state index in [-0.39, 0.29) is 58.0 Å². The zero-order valence-electron chi connectivity index (χ0n) is 13.7. The molecule has 0 aliphatic heterocycles. The Hall–Kier alpha value is 0.726. The second-order valence-corrected chi connectivity index (χ2v) is 6.41. The molecule has 0 aliphatic carbocycles. The van der Waals surface area contributed by atoms with Crippen LogP contribution in [-0.2, 0) is 27.6 Å². The normalized spacial score (nSPS) is 11.2. The Bertz CT molecular complexity index is 485. The predicted molar refractivity (Wildman–Crippen MR) is 82.6 cm³/mol. The fourth-order valence-corrected chi connectivity index (χ4v) is 2.51. The van der Waals surface area contributed by atoms with E-state index >= 15 is 0 Å². The van der Waals surface area contributed by atoms with Gasteiger partial charge in [-0.25, -0.2) is 8.42 Å². The molecule has 120 valence electrons. The topological polar surface area (TPSA) is 66.4 Å². The minimum absolute atomic E-state index is 0. The van der Waals surface area contributed by atoms with Gasteiger partial charge in [-0.15, -0.1) is 0 Å². The molecule has 0 heterocycles. The molecule has 0 N–H and O–H groups in total. The zero-order valence-corrected chi connectivity index (χ0v) is 17.7. The predicted octanol–water partition coefficient (Wildman–Crippen LogP) is 0.960. The van der Waals surface area contributed by atoms with Crippen LogP contribution in [-0.4, -0.2) is 13.0 Å². The van der Waals surface area contributed by atoms with E-state index in [1.54, 1.807) is 0 Å². The molecule has 22 heavy (non-hydrogen) atoms. The molecule has 1 aromatic carbocycles. The molecule has 6 heteroatoms. The molecule has 0 aromatic heterocycles. The number of hydrogen-bond acceptors (Lipinski definition) is 4. The Balaban J connectivity index is 0.00000441. The Morgan fingerprint density at radius 1 is 0.909 bits per heavy atom. The summed E-state index contributed by atoms with van der Waals surface area (Å²) in [5.74, 6) is 0. The summed E-state index contributed by atoms with van der Waals surface area (Å²) in [6, 6.07) is 7.55. The molecular formula is C16H25KO4S. The summed E-state index contributed by atoms with van der Waals surface area (Å²) in [7, 11) is -4.61. The molecule has 0 radical (unpaired) electrons. The molecule has 0 fully saturated rings. The van der Waals surface area contributed by atoms with E-state index in [0.717, 1.165) is 6.42 Å². The van der Waals surface area contributed by atoms with Crippen LogP contribution < -0.4 is 51.4 Å². The summed E-state index contributed by atoms with van der Waals surface area (Å²) in [5.41, 5.74) is 1.93. The van der Waals surface area contributed by atoms with Crippen molar-refractivity contribution in [1.29, 1.82) is 0 Å². The van der Waals surface area contributed by atoms with Gasteiger partial charge < -0.3 is 4.55 Å². The molecule has 0 amide bonds. The molecule has 1 rings (SSSR count). The zero-order chi connectivity index (χ0) is 15.6. The van der Waals surface area contributed by atoms with Crippen molar-refractivity contribution >= 4 is 10.4 Å². The third-order valence-electron chi connectivity index (χ3n) is 3.46. The van der Waals surface area contributed by atoms with Gasteiger partial charge in [-0.05, 0) is 24.0 Å². The Morgan fingerprint density at radius 3 is 1.95 bits per heavy atom. The Kier molecular flexibility index (Phi) is 13.5. The van der Waals surface area contributed by atoms with Gasteiger partial charge in [0.05, 0.1) is 6.61 Å². The molecule has 4 nitrogen and oxygen atoms in total. The van der Waals surface area contributed by atoms with Crippen LogP contribution in [0.1, 0.15) is 63.0 Å². The molecule has 0 saturated heterocycles. The second-order valence-electron chi connectivity index (χ2n) is 5.36. The first-order chi connectivity index (χ1) is 10.0. The molecule has 0 atom stereocenters. The summed E-state index contributed by atoms with van der Waals surface area (Å²) in [5, 5.41) is 0. The van der Waals surface area contributed by atoms with Gasteiger partial charge in [-0.3, -0.25) is 4.18 Å². The number of aryl methyl sites for hydroxylation is 1. The first-order valence-corrected chi connectivity index (χ1v) is 9.02.